The summed E-state index contributed by atoms with van der Waals surface area (Å²) in [5.74, 6) is -4.20. The Kier molecular flexibility index (Phi) is 5.37. The molecule has 138 valence electrons. The molecular weight excluding hydrogens is 368 g/mol. The summed E-state index contributed by atoms with van der Waals surface area (Å²) in [6.45, 7) is 1.61. The van der Waals surface area contributed by atoms with Crippen molar-refractivity contribution in [2.45, 2.75) is 13.3 Å². The predicted molar refractivity (Wildman–Crippen MR) is 102 cm³/mol. The number of anilines is 1. The number of carboxylic acids is 1. The Bertz CT molecular complexity index is 909. The number of nitrogens with zero attached hydrogens (tertiary/aromatic N) is 2. The molecule has 1 heterocycles. The van der Waals surface area contributed by atoms with Gasteiger partial charge in [0, 0.05) is 22.7 Å². The average Bonchev–Trinajstić information content (AvgIpc) is 2.95. The van der Waals surface area contributed by atoms with Gasteiger partial charge in [0.25, 0.3) is 5.91 Å². The van der Waals surface area contributed by atoms with Gasteiger partial charge < -0.3 is 5.11 Å². The summed E-state index contributed by atoms with van der Waals surface area (Å²) >= 11 is 5.82. The van der Waals surface area contributed by atoms with Crippen LogP contribution in [0, 0.1) is 11.8 Å². The maximum atomic E-state index is 12.8. The molecule has 0 radical (unpaired) electrons. The van der Waals surface area contributed by atoms with Crippen LogP contribution in [0.3, 0.4) is 0 Å². The van der Waals surface area contributed by atoms with Gasteiger partial charge in [0.05, 0.1) is 17.5 Å². The number of carbonyl (C=O) groups is 3. The fraction of sp³-hybridized carbons (Fsp3) is 0.200. The maximum Gasteiger partial charge on any atom is 0.308 e. The molecule has 6 nitrogen and oxygen atoms in total. The van der Waals surface area contributed by atoms with Crippen LogP contribution >= 0.6 is 11.6 Å². The predicted octanol–water partition coefficient (Wildman–Crippen LogP) is 3.65. The Morgan fingerprint density at radius 2 is 1.78 bits per heavy atom. The number of ketones is 1. The van der Waals surface area contributed by atoms with Crippen molar-refractivity contribution >= 4 is 40.7 Å². The summed E-state index contributed by atoms with van der Waals surface area (Å²) in [7, 11) is 0. The Morgan fingerprint density at radius 1 is 1.15 bits per heavy atom. The minimum atomic E-state index is -1.21. The molecule has 7 heteroatoms. The van der Waals surface area contributed by atoms with Crippen LogP contribution in [-0.2, 0) is 9.59 Å². The van der Waals surface area contributed by atoms with E-state index in [-0.39, 0.29) is 12.2 Å². The summed E-state index contributed by atoms with van der Waals surface area (Å²) in [6.07, 6.45) is -0.303. The number of amides is 1. The number of benzene rings is 2. The molecule has 2 aromatic rings. The van der Waals surface area contributed by atoms with Crippen LogP contribution in [0.1, 0.15) is 23.7 Å². The average molecular weight is 385 g/mol. The zero-order valence-electron chi connectivity index (χ0n) is 14.5. The van der Waals surface area contributed by atoms with E-state index in [1.807, 2.05) is 6.07 Å². The van der Waals surface area contributed by atoms with E-state index >= 15 is 0 Å². The Hall–Kier alpha value is -2.99. The van der Waals surface area contributed by atoms with Crippen molar-refractivity contribution in [1.29, 1.82) is 0 Å². The van der Waals surface area contributed by atoms with Crippen LogP contribution in [-0.4, -0.2) is 28.5 Å². The molecular formula is C20H17ClN2O4. The van der Waals surface area contributed by atoms with Crippen molar-refractivity contribution in [2.75, 3.05) is 5.01 Å². The van der Waals surface area contributed by atoms with Crippen molar-refractivity contribution in [3.63, 3.8) is 0 Å². The number of Topliss-reactive ketones (excluding diaryl/α,β-unsaturated/α-hetero) is 1. The van der Waals surface area contributed by atoms with Crippen molar-refractivity contribution in [1.82, 2.24) is 0 Å². The fourth-order valence-electron chi connectivity index (χ4n) is 3.10. The van der Waals surface area contributed by atoms with Gasteiger partial charge in [-0.15, -0.1) is 0 Å². The van der Waals surface area contributed by atoms with Gasteiger partial charge >= 0.3 is 5.97 Å². The number of hydrazone groups is 1. The highest BCUT2D eigenvalue weighted by molar-refractivity contribution is 6.30. The maximum absolute atomic E-state index is 12.8. The van der Waals surface area contributed by atoms with E-state index in [4.69, 9.17) is 11.6 Å². The largest absolute Gasteiger partial charge is 0.481 e. The highest BCUT2D eigenvalue weighted by Gasteiger charge is 2.44. The molecule has 1 aliphatic rings. The van der Waals surface area contributed by atoms with Gasteiger partial charge in [-0.2, -0.15) is 5.10 Å². The summed E-state index contributed by atoms with van der Waals surface area (Å²) in [4.78, 5) is 37.2. The first kappa shape index (κ1) is 18.8. The van der Waals surface area contributed by atoms with Gasteiger partial charge in [-0.3, -0.25) is 14.4 Å². The van der Waals surface area contributed by atoms with Crippen molar-refractivity contribution in [3.05, 3.63) is 65.2 Å². The van der Waals surface area contributed by atoms with Crippen LogP contribution in [0.4, 0.5) is 5.69 Å². The van der Waals surface area contributed by atoms with E-state index in [9.17, 15) is 19.5 Å². The van der Waals surface area contributed by atoms with Crippen LogP contribution in [0.5, 0.6) is 0 Å². The van der Waals surface area contributed by atoms with Crippen molar-refractivity contribution < 1.29 is 19.5 Å². The molecule has 0 aliphatic carbocycles. The van der Waals surface area contributed by atoms with E-state index in [0.717, 1.165) is 0 Å². The Balaban J connectivity index is 1.84. The lowest BCUT2D eigenvalue weighted by molar-refractivity contribution is -0.144. The second-order valence-electron chi connectivity index (χ2n) is 6.28. The summed E-state index contributed by atoms with van der Waals surface area (Å²) in [6, 6.07) is 15.0. The van der Waals surface area contributed by atoms with E-state index in [1.165, 1.54) is 17.1 Å². The smallest absolute Gasteiger partial charge is 0.308 e. The number of para-hydroxylation sites is 1. The molecule has 3 rings (SSSR count). The van der Waals surface area contributed by atoms with E-state index in [1.54, 1.807) is 43.3 Å². The quantitative estimate of drug-likeness (QED) is 0.770. The summed E-state index contributed by atoms with van der Waals surface area (Å²) in [5, 5.41) is 15.6. The Morgan fingerprint density at radius 3 is 2.37 bits per heavy atom. The lowest BCUT2D eigenvalue weighted by Gasteiger charge is -2.19. The lowest BCUT2D eigenvalue weighted by Crippen LogP contribution is -2.37. The molecule has 2 atom stereocenters. The van der Waals surface area contributed by atoms with Crippen LogP contribution in [0.15, 0.2) is 59.7 Å². The number of aliphatic carboxylic acids is 1. The third kappa shape index (κ3) is 3.90. The van der Waals surface area contributed by atoms with Gasteiger partial charge in [0.2, 0.25) is 0 Å². The van der Waals surface area contributed by atoms with Gasteiger partial charge in [-0.25, -0.2) is 5.01 Å². The van der Waals surface area contributed by atoms with Gasteiger partial charge in [0.1, 0.15) is 0 Å². The summed E-state index contributed by atoms with van der Waals surface area (Å²) in [5.41, 5.74) is 1.28. The number of halogens is 1. The van der Waals surface area contributed by atoms with Crippen LogP contribution in [0.25, 0.3) is 0 Å². The topological polar surface area (TPSA) is 87.0 Å². The second-order valence-corrected chi connectivity index (χ2v) is 6.72. The molecule has 27 heavy (non-hydrogen) atoms. The fourth-order valence-corrected chi connectivity index (χ4v) is 3.22. The highest BCUT2D eigenvalue weighted by atomic mass is 35.5. The van der Waals surface area contributed by atoms with Crippen molar-refractivity contribution in [3.8, 4) is 0 Å². The third-order valence-electron chi connectivity index (χ3n) is 4.47. The third-order valence-corrected chi connectivity index (χ3v) is 4.73. The molecule has 0 saturated heterocycles. The molecule has 0 spiro atoms. The zero-order chi connectivity index (χ0) is 19.6. The molecule has 2 unspecified atom stereocenters. The first-order valence-corrected chi connectivity index (χ1v) is 8.72. The molecule has 2 aromatic carbocycles. The number of carbonyl (C=O) groups excluding carboxylic acids is 2. The normalized spacial score (nSPS) is 17.6. The number of hydrogen-bond donors (Lipinski definition) is 1. The molecule has 0 fully saturated rings. The summed E-state index contributed by atoms with van der Waals surface area (Å²) < 4.78 is 0. The molecule has 0 saturated carbocycles. The van der Waals surface area contributed by atoms with E-state index in [2.05, 4.69) is 5.10 Å². The number of hydrogen-bond acceptors (Lipinski definition) is 4. The standard InChI is InChI=1S/C20H17ClN2O4/c1-12-18(19(25)23(22-12)15-5-3-2-4-6-15)16(20(26)27)11-17(24)13-7-9-14(21)10-8-13/h2-10,16,18H,11H2,1H3,(H,26,27). The highest BCUT2D eigenvalue weighted by Crippen LogP contribution is 2.31. The van der Waals surface area contributed by atoms with E-state index in [0.29, 0.717) is 22.0 Å². The first-order valence-electron chi connectivity index (χ1n) is 8.34. The second kappa shape index (κ2) is 7.72. The minimum Gasteiger partial charge on any atom is -0.481 e. The molecule has 0 bridgehead atoms. The molecule has 1 amide bonds. The van der Waals surface area contributed by atoms with Gasteiger partial charge in [-0.1, -0.05) is 29.8 Å². The van der Waals surface area contributed by atoms with Crippen molar-refractivity contribution in [2.24, 2.45) is 16.9 Å². The Labute approximate surface area is 161 Å². The minimum absolute atomic E-state index is 0.303. The van der Waals surface area contributed by atoms with Gasteiger partial charge in [0.15, 0.2) is 5.78 Å². The first-order chi connectivity index (χ1) is 12.9. The zero-order valence-corrected chi connectivity index (χ0v) is 15.3. The lowest BCUT2D eigenvalue weighted by atomic mass is 9.83. The number of carboxylic acid groups (broad SMARTS) is 1. The van der Waals surface area contributed by atoms with E-state index < -0.39 is 23.7 Å². The molecule has 0 aromatic heterocycles. The number of rotatable bonds is 6. The monoisotopic (exact) mass is 384 g/mol. The van der Waals surface area contributed by atoms with Gasteiger partial charge in [-0.05, 0) is 43.3 Å². The SMILES string of the molecule is CC1=NN(c2ccccc2)C(=O)C1C(CC(=O)c1ccc(Cl)cc1)C(=O)O. The molecule has 1 aliphatic heterocycles. The van der Waals surface area contributed by atoms with Crippen LogP contribution in [0.2, 0.25) is 5.02 Å². The molecule has 1 N–H and O–H groups in total. The van der Waals surface area contributed by atoms with Crippen LogP contribution < -0.4 is 5.01 Å².